The predicted octanol–water partition coefficient (Wildman–Crippen LogP) is 2.15. The molecule has 0 aliphatic heterocycles. The van der Waals surface area contributed by atoms with Gasteiger partial charge in [-0.3, -0.25) is 9.59 Å². The first-order chi connectivity index (χ1) is 10.1. The van der Waals surface area contributed by atoms with Crippen LogP contribution in [-0.4, -0.2) is 40.8 Å². The number of rotatable bonds is 5. The second-order valence-electron chi connectivity index (χ2n) is 4.99. The van der Waals surface area contributed by atoms with Crippen LogP contribution in [0.2, 0.25) is 0 Å². The molecule has 0 radical (unpaired) electrons. The maximum atomic E-state index is 12.2. The van der Waals surface area contributed by atoms with E-state index < -0.39 is 6.04 Å². The highest BCUT2D eigenvalue weighted by Gasteiger charge is 2.20. The van der Waals surface area contributed by atoms with Crippen LogP contribution >= 0.6 is 0 Å². The Bertz CT molecular complexity index is 644. The number of carbonyl (C=O) groups excluding carboxylic acids is 2. The van der Waals surface area contributed by atoms with E-state index in [1.165, 1.54) is 0 Å². The summed E-state index contributed by atoms with van der Waals surface area (Å²) < 4.78 is 0. The van der Waals surface area contributed by atoms with Crippen molar-refractivity contribution >= 4 is 22.7 Å². The first kappa shape index (κ1) is 15.1. The molecule has 1 atom stereocenters. The minimum atomic E-state index is -0.531. The zero-order valence-electron chi connectivity index (χ0n) is 12.6. The molecule has 0 saturated heterocycles. The van der Waals surface area contributed by atoms with E-state index in [1.54, 1.807) is 24.0 Å². The van der Waals surface area contributed by atoms with Crippen molar-refractivity contribution in [2.75, 3.05) is 13.1 Å². The molecule has 112 valence electrons. The van der Waals surface area contributed by atoms with E-state index in [0.29, 0.717) is 18.7 Å². The van der Waals surface area contributed by atoms with Gasteiger partial charge >= 0.3 is 0 Å². The molecule has 0 aliphatic rings. The third-order valence-electron chi connectivity index (χ3n) is 3.61. The molecule has 1 aromatic carbocycles. The Balaban J connectivity index is 2.08. The van der Waals surface area contributed by atoms with Crippen molar-refractivity contribution in [3.63, 3.8) is 0 Å². The summed E-state index contributed by atoms with van der Waals surface area (Å²) in [6, 6.07) is 6.86. The van der Waals surface area contributed by atoms with E-state index in [4.69, 9.17) is 0 Å². The maximum absolute atomic E-state index is 12.2. The van der Waals surface area contributed by atoms with E-state index >= 15 is 0 Å². The minimum absolute atomic E-state index is 0.0608. The van der Waals surface area contributed by atoms with Crippen LogP contribution in [0.1, 0.15) is 31.1 Å². The Morgan fingerprint density at radius 1 is 1.24 bits per heavy atom. The Kier molecular flexibility index (Phi) is 4.62. The molecule has 2 amide bonds. The lowest BCUT2D eigenvalue weighted by atomic mass is 10.1. The zero-order valence-corrected chi connectivity index (χ0v) is 12.6. The monoisotopic (exact) mass is 287 g/mol. The summed E-state index contributed by atoms with van der Waals surface area (Å²) in [7, 11) is 0. The van der Waals surface area contributed by atoms with Crippen molar-refractivity contribution in [3.8, 4) is 0 Å². The Labute approximate surface area is 124 Å². The fourth-order valence-electron chi connectivity index (χ4n) is 2.34. The van der Waals surface area contributed by atoms with E-state index in [-0.39, 0.29) is 11.8 Å². The van der Waals surface area contributed by atoms with Crippen LogP contribution in [0.5, 0.6) is 0 Å². The number of fused-ring (bicyclic) bond motifs is 1. The normalized spacial score (nSPS) is 12.1. The number of benzene rings is 1. The summed E-state index contributed by atoms with van der Waals surface area (Å²) in [4.78, 5) is 29.2. The van der Waals surface area contributed by atoms with Crippen molar-refractivity contribution in [3.05, 3.63) is 36.0 Å². The van der Waals surface area contributed by atoms with Gasteiger partial charge in [-0.15, -0.1) is 0 Å². The summed E-state index contributed by atoms with van der Waals surface area (Å²) >= 11 is 0. The highest BCUT2D eigenvalue weighted by atomic mass is 16.2. The number of carbonyl (C=O) groups is 2. The van der Waals surface area contributed by atoms with Crippen molar-refractivity contribution in [2.24, 2.45) is 0 Å². The average molecular weight is 287 g/mol. The van der Waals surface area contributed by atoms with Gasteiger partial charge < -0.3 is 15.2 Å². The number of hydrogen-bond acceptors (Lipinski definition) is 2. The van der Waals surface area contributed by atoms with Gasteiger partial charge in [-0.25, -0.2) is 0 Å². The molecule has 2 aromatic rings. The van der Waals surface area contributed by atoms with Crippen molar-refractivity contribution in [1.29, 1.82) is 0 Å². The zero-order chi connectivity index (χ0) is 15.4. The van der Waals surface area contributed by atoms with Crippen LogP contribution in [0, 0.1) is 0 Å². The number of H-pyrrole nitrogens is 1. The van der Waals surface area contributed by atoms with E-state index in [1.807, 2.05) is 32.2 Å². The van der Waals surface area contributed by atoms with Gasteiger partial charge in [0.05, 0.1) is 0 Å². The molecular weight excluding hydrogens is 266 g/mol. The van der Waals surface area contributed by atoms with Crippen LogP contribution < -0.4 is 5.32 Å². The van der Waals surface area contributed by atoms with Crippen LogP contribution in [-0.2, 0) is 4.79 Å². The summed E-state index contributed by atoms with van der Waals surface area (Å²) in [5, 5.41) is 3.81. The molecule has 21 heavy (non-hydrogen) atoms. The van der Waals surface area contributed by atoms with Gasteiger partial charge in [0.1, 0.15) is 6.04 Å². The Hall–Kier alpha value is -2.30. The quantitative estimate of drug-likeness (QED) is 0.885. The minimum Gasteiger partial charge on any atom is -0.361 e. The van der Waals surface area contributed by atoms with Gasteiger partial charge in [-0.05, 0) is 44.4 Å². The molecule has 2 rings (SSSR count). The van der Waals surface area contributed by atoms with Crippen LogP contribution in [0.3, 0.4) is 0 Å². The number of nitrogens with zero attached hydrogens (tertiary/aromatic N) is 1. The Morgan fingerprint density at radius 3 is 2.62 bits per heavy atom. The van der Waals surface area contributed by atoms with Gasteiger partial charge in [0.15, 0.2) is 0 Å². The predicted molar refractivity (Wildman–Crippen MR) is 83.2 cm³/mol. The molecule has 0 saturated carbocycles. The Morgan fingerprint density at radius 2 is 1.95 bits per heavy atom. The summed E-state index contributed by atoms with van der Waals surface area (Å²) in [5.74, 6) is -0.297. The molecule has 0 fully saturated rings. The van der Waals surface area contributed by atoms with Crippen LogP contribution in [0.15, 0.2) is 30.5 Å². The lowest BCUT2D eigenvalue weighted by molar-refractivity contribution is -0.132. The fourth-order valence-corrected chi connectivity index (χ4v) is 2.34. The second-order valence-corrected chi connectivity index (χ2v) is 4.99. The van der Waals surface area contributed by atoms with Crippen LogP contribution in [0.4, 0.5) is 0 Å². The largest absolute Gasteiger partial charge is 0.361 e. The molecule has 0 aliphatic carbocycles. The molecule has 0 spiro atoms. The number of amides is 2. The molecule has 5 nitrogen and oxygen atoms in total. The van der Waals surface area contributed by atoms with Crippen molar-refractivity contribution in [2.45, 2.75) is 26.8 Å². The molecule has 2 N–H and O–H groups in total. The second kappa shape index (κ2) is 6.43. The van der Waals surface area contributed by atoms with E-state index in [9.17, 15) is 9.59 Å². The smallest absolute Gasteiger partial charge is 0.251 e. The number of aromatic nitrogens is 1. The lowest BCUT2D eigenvalue weighted by Crippen LogP contribution is -2.46. The molecule has 5 heteroatoms. The number of aromatic amines is 1. The summed E-state index contributed by atoms with van der Waals surface area (Å²) in [6.07, 6.45) is 1.83. The topological polar surface area (TPSA) is 65.2 Å². The number of nitrogens with one attached hydrogen (secondary N) is 2. The average Bonchev–Trinajstić information content (AvgIpc) is 2.95. The third kappa shape index (κ3) is 3.24. The van der Waals surface area contributed by atoms with Crippen molar-refractivity contribution < 1.29 is 9.59 Å². The fraction of sp³-hybridized carbons (Fsp3) is 0.375. The molecule has 1 heterocycles. The van der Waals surface area contributed by atoms with E-state index in [0.717, 1.165) is 10.9 Å². The van der Waals surface area contributed by atoms with Gasteiger partial charge in [0.25, 0.3) is 5.91 Å². The standard InChI is InChI=1S/C16H21N3O2/c1-4-19(5-2)16(21)11(3)18-15(20)13-7-6-12-8-9-17-14(12)10-13/h6-11,17H,4-5H2,1-3H3,(H,18,20). The molecule has 0 bridgehead atoms. The molecular formula is C16H21N3O2. The highest BCUT2D eigenvalue weighted by molar-refractivity contribution is 6.00. The molecule has 1 unspecified atom stereocenters. The van der Waals surface area contributed by atoms with Gasteiger partial charge in [0, 0.05) is 30.4 Å². The van der Waals surface area contributed by atoms with E-state index in [2.05, 4.69) is 10.3 Å². The highest BCUT2D eigenvalue weighted by Crippen LogP contribution is 2.14. The third-order valence-corrected chi connectivity index (χ3v) is 3.61. The van der Waals surface area contributed by atoms with Crippen LogP contribution in [0.25, 0.3) is 10.9 Å². The SMILES string of the molecule is CCN(CC)C(=O)C(C)NC(=O)c1ccc2cc[nH]c2c1. The van der Waals surface area contributed by atoms with Gasteiger partial charge in [-0.2, -0.15) is 0 Å². The maximum Gasteiger partial charge on any atom is 0.251 e. The number of hydrogen-bond donors (Lipinski definition) is 2. The molecule has 1 aromatic heterocycles. The first-order valence-corrected chi connectivity index (χ1v) is 7.23. The van der Waals surface area contributed by atoms with Gasteiger partial charge in [0.2, 0.25) is 5.91 Å². The first-order valence-electron chi connectivity index (χ1n) is 7.23. The number of likely N-dealkylation sites (N-methyl/N-ethyl adjacent to an activating group) is 1. The van der Waals surface area contributed by atoms with Crippen molar-refractivity contribution in [1.82, 2.24) is 15.2 Å². The lowest BCUT2D eigenvalue weighted by Gasteiger charge is -2.23. The summed E-state index contributed by atoms with van der Waals surface area (Å²) in [5.41, 5.74) is 1.45. The summed E-state index contributed by atoms with van der Waals surface area (Å²) in [6.45, 7) is 6.85. The van der Waals surface area contributed by atoms with Gasteiger partial charge in [-0.1, -0.05) is 6.07 Å².